The number of ketones is 1. The smallest absolute Gasteiger partial charge is 0.318 e. The first-order valence-electron chi connectivity index (χ1n) is 5.91. The molecular formula is C15H12F3NO. The SMILES string of the molecule is N[C@@H](C(=O)c1ccc(C(F)(F)F)cc1)c1ccccc1. The van der Waals surface area contributed by atoms with Crippen LogP contribution in [0.3, 0.4) is 0 Å². The summed E-state index contributed by atoms with van der Waals surface area (Å²) in [5, 5.41) is 0. The summed E-state index contributed by atoms with van der Waals surface area (Å²) >= 11 is 0. The third-order valence-electron chi connectivity index (χ3n) is 2.94. The molecular weight excluding hydrogens is 267 g/mol. The molecule has 2 aromatic rings. The Bertz CT molecular complexity index is 591. The predicted octanol–water partition coefficient (Wildman–Crippen LogP) is 3.59. The maximum atomic E-state index is 12.4. The van der Waals surface area contributed by atoms with Gasteiger partial charge in [0.1, 0.15) is 0 Å². The summed E-state index contributed by atoms with van der Waals surface area (Å²) in [5.74, 6) is -0.412. The number of hydrogen-bond donors (Lipinski definition) is 1. The molecule has 0 aromatic heterocycles. The van der Waals surface area contributed by atoms with Gasteiger partial charge in [-0.1, -0.05) is 42.5 Å². The van der Waals surface area contributed by atoms with Crippen molar-refractivity contribution < 1.29 is 18.0 Å². The van der Waals surface area contributed by atoms with Gasteiger partial charge in [-0.15, -0.1) is 0 Å². The van der Waals surface area contributed by atoms with Crippen molar-refractivity contribution in [2.45, 2.75) is 12.2 Å². The van der Waals surface area contributed by atoms with Crippen molar-refractivity contribution in [2.24, 2.45) is 5.73 Å². The van der Waals surface area contributed by atoms with Crippen molar-refractivity contribution in [1.82, 2.24) is 0 Å². The molecule has 2 N–H and O–H groups in total. The minimum absolute atomic E-state index is 0.161. The molecule has 104 valence electrons. The molecule has 0 spiro atoms. The van der Waals surface area contributed by atoms with E-state index >= 15 is 0 Å². The number of carbonyl (C=O) groups is 1. The molecule has 0 bridgehead atoms. The van der Waals surface area contributed by atoms with Gasteiger partial charge in [0.2, 0.25) is 0 Å². The van der Waals surface area contributed by atoms with Crippen LogP contribution in [0.1, 0.15) is 27.5 Å². The Morgan fingerprint density at radius 1 is 0.950 bits per heavy atom. The molecule has 1 atom stereocenters. The Morgan fingerprint density at radius 3 is 2.00 bits per heavy atom. The highest BCUT2D eigenvalue weighted by Crippen LogP contribution is 2.29. The summed E-state index contributed by atoms with van der Waals surface area (Å²) < 4.78 is 37.3. The van der Waals surface area contributed by atoms with E-state index in [0.717, 1.165) is 24.3 Å². The molecule has 0 radical (unpaired) electrons. The molecule has 0 saturated carbocycles. The minimum atomic E-state index is -4.41. The maximum Gasteiger partial charge on any atom is 0.416 e. The van der Waals surface area contributed by atoms with Gasteiger partial charge in [0.15, 0.2) is 5.78 Å². The average Bonchev–Trinajstić information content (AvgIpc) is 2.46. The van der Waals surface area contributed by atoms with Crippen LogP contribution in [0.4, 0.5) is 13.2 Å². The van der Waals surface area contributed by atoms with Crippen molar-refractivity contribution in [3.63, 3.8) is 0 Å². The number of rotatable bonds is 3. The first kappa shape index (κ1) is 14.3. The minimum Gasteiger partial charge on any atom is -0.318 e. The lowest BCUT2D eigenvalue weighted by molar-refractivity contribution is -0.137. The van der Waals surface area contributed by atoms with Crippen LogP contribution >= 0.6 is 0 Å². The van der Waals surface area contributed by atoms with E-state index in [2.05, 4.69) is 0 Å². The van der Waals surface area contributed by atoms with Crippen molar-refractivity contribution in [1.29, 1.82) is 0 Å². The van der Waals surface area contributed by atoms with Crippen LogP contribution in [0.2, 0.25) is 0 Å². The highest BCUT2D eigenvalue weighted by atomic mass is 19.4. The second-order valence-electron chi connectivity index (χ2n) is 4.33. The van der Waals surface area contributed by atoms with Crippen LogP contribution < -0.4 is 5.73 Å². The van der Waals surface area contributed by atoms with Gasteiger partial charge in [-0.05, 0) is 17.7 Å². The zero-order valence-electron chi connectivity index (χ0n) is 10.4. The molecule has 0 fully saturated rings. The number of Topliss-reactive ketones (excluding diaryl/α,β-unsaturated/α-hetero) is 1. The van der Waals surface area contributed by atoms with Gasteiger partial charge in [-0.2, -0.15) is 13.2 Å². The van der Waals surface area contributed by atoms with E-state index in [0.29, 0.717) is 5.56 Å². The third-order valence-corrected chi connectivity index (χ3v) is 2.94. The van der Waals surface area contributed by atoms with Crippen molar-refractivity contribution in [3.05, 3.63) is 71.3 Å². The molecule has 0 amide bonds. The molecule has 2 rings (SSSR count). The lowest BCUT2D eigenvalue weighted by Crippen LogP contribution is -2.21. The molecule has 0 saturated heterocycles. The quantitative estimate of drug-likeness (QED) is 0.872. The van der Waals surface area contributed by atoms with Gasteiger partial charge in [0.05, 0.1) is 11.6 Å². The Morgan fingerprint density at radius 2 is 1.50 bits per heavy atom. The first-order valence-corrected chi connectivity index (χ1v) is 5.91. The van der Waals surface area contributed by atoms with Crippen LogP contribution in [0.5, 0.6) is 0 Å². The zero-order valence-corrected chi connectivity index (χ0v) is 10.4. The van der Waals surface area contributed by atoms with E-state index in [1.807, 2.05) is 0 Å². The first-order chi connectivity index (χ1) is 9.39. The van der Waals surface area contributed by atoms with E-state index in [9.17, 15) is 18.0 Å². The molecule has 2 nitrogen and oxygen atoms in total. The van der Waals surface area contributed by atoms with E-state index in [1.165, 1.54) is 0 Å². The van der Waals surface area contributed by atoms with Gasteiger partial charge < -0.3 is 5.73 Å². The largest absolute Gasteiger partial charge is 0.416 e. The molecule has 0 aliphatic heterocycles. The number of benzene rings is 2. The molecule has 5 heteroatoms. The van der Waals surface area contributed by atoms with Crippen LogP contribution in [0.15, 0.2) is 54.6 Å². The second-order valence-corrected chi connectivity index (χ2v) is 4.33. The van der Waals surface area contributed by atoms with Crippen molar-refractivity contribution >= 4 is 5.78 Å². The Hall–Kier alpha value is -2.14. The summed E-state index contributed by atoms with van der Waals surface area (Å²) in [5.41, 5.74) is 5.82. The summed E-state index contributed by atoms with van der Waals surface area (Å²) in [4.78, 5) is 12.1. The third kappa shape index (κ3) is 3.05. The summed E-state index contributed by atoms with van der Waals surface area (Å²) in [6.45, 7) is 0. The van der Waals surface area contributed by atoms with E-state index < -0.39 is 23.6 Å². The second kappa shape index (κ2) is 5.46. The van der Waals surface area contributed by atoms with Crippen LogP contribution in [-0.2, 0) is 6.18 Å². The van der Waals surface area contributed by atoms with Crippen LogP contribution in [0, 0.1) is 0 Å². The monoisotopic (exact) mass is 279 g/mol. The average molecular weight is 279 g/mol. The fourth-order valence-electron chi connectivity index (χ4n) is 1.81. The molecule has 2 aromatic carbocycles. The molecule has 0 aliphatic carbocycles. The predicted molar refractivity (Wildman–Crippen MR) is 69.1 cm³/mol. The Balaban J connectivity index is 2.22. The number of hydrogen-bond acceptors (Lipinski definition) is 2. The lowest BCUT2D eigenvalue weighted by Gasteiger charge is -2.12. The number of nitrogens with two attached hydrogens (primary N) is 1. The maximum absolute atomic E-state index is 12.4. The highest BCUT2D eigenvalue weighted by Gasteiger charge is 2.30. The van der Waals surface area contributed by atoms with Crippen molar-refractivity contribution in [3.8, 4) is 0 Å². The fourth-order valence-corrected chi connectivity index (χ4v) is 1.81. The van der Waals surface area contributed by atoms with Gasteiger partial charge in [0.25, 0.3) is 0 Å². The van der Waals surface area contributed by atoms with Gasteiger partial charge >= 0.3 is 6.18 Å². The van der Waals surface area contributed by atoms with E-state index in [-0.39, 0.29) is 5.56 Å². The Kier molecular flexibility index (Phi) is 3.90. The molecule has 20 heavy (non-hydrogen) atoms. The van der Waals surface area contributed by atoms with Gasteiger partial charge in [0, 0.05) is 5.56 Å². The number of alkyl halides is 3. The standard InChI is InChI=1S/C15H12F3NO/c16-15(17,18)12-8-6-11(7-9-12)14(20)13(19)10-4-2-1-3-5-10/h1-9,13H,19H2/t13-/m1/s1. The van der Waals surface area contributed by atoms with Gasteiger partial charge in [-0.3, -0.25) is 4.79 Å². The molecule has 0 unspecified atom stereocenters. The summed E-state index contributed by atoms with van der Waals surface area (Å²) in [7, 11) is 0. The fraction of sp³-hybridized carbons (Fsp3) is 0.133. The molecule has 0 heterocycles. The summed E-state index contributed by atoms with van der Waals surface area (Å²) in [6, 6.07) is 11.9. The molecule has 0 aliphatic rings. The van der Waals surface area contributed by atoms with Gasteiger partial charge in [-0.25, -0.2) is 0 Å². The zero-order chi connectivity index (χ0) is 14.8. The topological polar surface area (TPSA) is 43.1 Å². The number of carbonyl (C=O) groups excluding carboxylic acids is 1. The summed E-state index contributed by atoms with van der Waals surface area (Å²) in [6.07, 6.45) is -4.41. The normalized spacial score (nSPS) is 13.0. The van der Waals surface area contributed by atoms with Crippen LogP contribution in [0.25, 0.3) is 0 Å². The van der Waals surface area contributed by atoms with Crippen molar-refractivity contribution in [2.75, 3.05) is 0 Å². The number of halogens is 3. The highest BCUT2D eigenvalue weighted by molar-refractivity contribution is 6.00. The van der Waals surface area contributed by atoms with E-state index in [1.54, 1.807) is 30.3 Å². The van der Waals surface area contributed by atoms with Crippen LogP contribution in [-0.4, -0.2) is 5.78 Å². The van der Waals surface area contributed by atoms with E-state index in [4.69, 9.17) is 5.73 Å². The lowest BCUT2D eigenvalue weighted by atomic mass is 9.97. The Labute approximate surface area is 114 Å².